The Balaban J connectivity index is 0.00000264. The third-order valence-electron chi connectivity index (χ3n) is 3.43. The molecule has 1 aromatic heterocycles. The van der Waals surface area contributed by atoms with Crippen LogP contribution < -0.4 is 5.32 Å². The number of nitrogens with zero attached hydrogens (tertiary/aromatic N) is 2. The van der Waals surface area contributed by atoms with Gasteiger partial charge in [0.15, 0.2) is 5.96 Å². The molecule has 0 saturated heterocycles. The first-order valence-corrected chi connectivity index (χ1v) is 7.71. The van der Waals surface area contributed by atoms with Crippen LogP contribution in [0, 0.1) is 5.92 Å². The van der Waals surface area contributed by atoms with E-state index in [9.17, 15) is 0 Å². The minimum Gasteiger partial charge on any atom is -0.459 e. The van der Waals surface area contributed by atoms with Gasteiger partial charge in [0, 0.05) is 32.1 Å². The lowest BCUT2D eigenvalue weighted by atomic mass is 10.2. The molecule has 1 atom stereocenters. The number of aliphatic hydroxyl groups is 1. The zero-order valence-corrected chi connectivity index (χ0v) is 16.3. The Hall–Kier alpha value is -1.28. The van der Waals surface area contributed by atoms with Crippen molar-refractivity contribution >= 4 is 40.9 Å². The molecule has 0 radical (unpaired) electrons. The zero-order chi connectivity index (χ0) is 15.9. The van der Waals surface area contributed by atoms with Gasteiger partial charge >= 0.3 is 0 Å². The van der Waals surface area contributed by atoms with Crippen molar-refractivity contribution in [3.05, 3.63) is 36.1 Å². The molecule has 0 aliphatic rings. The standard InChI is InChI=1S/C17H25N3O2.HI/c1-4-18-17(19-10-13(2)12-21)20(3)11-15-9-14-7-5-6-8-16(14)22-15;/h5-9,13,21H,4,10-12H2,1-3H3,(H,18,19);1H. The van der Waals surface area contributed by atoms with Crippen molar-refractivity contribution in [1.29, 1.82) is 0 Å². The normalized spacial score (nSPS) is 12.8. The van der Waals surface area contributed by atoms with E-state index in [0.717, 1.165) is 29.2 Å². The lowest BCUT2D eigenvalue weighted by Crippen LogP contribution is -2.38. The second-order valence-electron chi connectivity index (χ2n) is 5.59. The van der Waals surface area contributed by atoms with Crippen LogP contribution in [0.25, 0.3) is 11.0 Å². The van der Waals surface area contributed by atoms with E-state index in [1.165, 1.54) is 0 Å². The van der Waals surface area contributed by atoms with E-state index in [1.54, 1.807) is 0 Å². The summed E-state index contributed by atoms with van der Waals surface area (Å²) in [4.78, 5) is 6.60. The zero-order valence-electron chi connectivity index (χ0n) is 14.0. The maximum absolute atomic E-state index is 9.11. The van der Waals surface area contributed by atoms with Crippen LogP contribution in [0.1, 0.15) is 19.6 Å². The number of benzene rings is 1. The van der Waals surface area contributed by atoms with E-state index in [1.807, 2.05) is 50.1 Å². The first-order chi connectivity index (χ1) is 10.6. The molecule has 2 N–H and O–H groups in total. The number of hydrogen-bond donors (Lipinski definition) is 2. The molecular formula is C17H26IN3O2. The van der Waals surface area contributed by atoms with Gasteiger partial charge < -0.3 is 19.7 Å². The quantitative estimate of drug-likeness (QED) is 0.419. The predicted molar refractivity (Wildman–Crippen MR) is 105 cm³/mol. The van der Waals surface area contributed by atoms with Crippen LogP contribution in [0.15, 0.2) is 39.7 Å². The number of rotatable bonds is 6. The smallest absolute Gasteiger partial charge is 0.194 e. The van der Waals surface area contributed by atoms with Crippen molar-refractivity contribution in [2.24, 2.45) is 10.9 Å². The van der Waals surface area contributed by atoms with Gasteiger partial charge in [-0.15, -0.1) is 24.0 Å². The molecule has 0 aliphatic carbocycles. The van der Waals surface area contributed by atoms with Crippen molar-refractivity contribution in [2.45, 2.75) is 20.4 Å². The summed E-state index contributed by atoms with van der Waals surface area (Å²) in [5, 5.41) is 13.5. The van der Waals surface area contributed by atoms with Crippen LogP contribution in [-0.4, -0.2) is 42.7 Å². The highest BCUT2D eigenvalue weighted by Gasteiger charge is 2.10. The highest BCUT2D eigenvalue weighted by atomic mass is 127. The fourth-order valence-electron chi connectivity index (χ4n) is 2.19. The molecule has 23 heavy (non-hydrogen) atoms. The van der Waals surface area contributed by atoms with Gasteiger partial charge in [-0.25, -0.2) is 0 Å². The Morgan fingerprint density at radius 1 is 1.39 bits per heavy atom. The molecule has 6 heteroatoms. The van der Waals surface area contributed by atoms with Crippen molar-refractivity contribution in [2.75, 3.05) is 26.7 Å². The Morgan fingerprint density at radius 3 is 2.78 bits per heavy atom. The van der Waals surface area contributed by atoms with Crippen LogP contribution in [-0.2, 0) is 6.54 Å². The molecule has 2 aromatic rings. The topological polar surface area (TPSA) is 61.0 Å². The molecule has 0 aliphatic heterocycles. The average Bonchev–Trinajstić information content (AvgIpc) is 2.92. The lowest BCUT2D eigenvalue weighted by molar-refractivity contribution is 0.241. The van der Waals surface area contributed by atoms with Gasteiger partial charge in [0.05, 0.1) is 6.54 Å². The lowest BCUT2D eigenvalue weighted by Gasteiger charge is -2.21. The molecule has 128 valence electrons. The molecule has 2 rings (SSSR count). The summed E-state index contributed by atoms with van der Waals surface area (Å²) in [6.07, 6.45) is 0. The van der Waals surface area contributed by atoms with Crippen LogP contribution in [0.3, 0.4) is 0 Å². The van der Waals surface area contributed by atoms with Gasteiger partial charge in [-0.1, -0.05) is 25.1 Å². The molecule has 5 nitrogen and oxygen atoms in total. The Bertz CT molecular complexity index is 594. The minimum absolute atomic E-state index is 0. The Kier molecular flexibility index (Phi) is 8.40. The molecular weight excluding hydrogens is 405 g/mol. The van der Waals surface area contributed by atoms with Crippen LogP contribution in [0.4, 0.5) is 0 Å². The van der Waals surface area contributed by atoms with Crippen LogP contribution in [0.2, 0.25) is 0 Å². The van der Waals surface area contributed by atoms with Gasteiger partial charge in [0.1, 0.15) is 11.3 Å². The Morgan fingerprint density at radius 2 is 2.13 bits per heavy atom. The van der Waals surface area contributed by atoms with Crippen LogP contribution in [0.5, 0.6) is 0 Å². The van der Waals surface area contributed by atoms with Gasteiger partial charge in [-0.3, -0.25) is 4.99 Å². The molecule has 0 spiro atoms. The number of furan rings is 1. The van der Waals surface area contributed by atoms with Gasteiger partial charge in [0.2, 0.25) is 0 Å². The number of aliphatic hydroxyl groups excluding tert-OH is 1. The monoisotopic (exact) mass is 431 g/mol. The number of para-hydroxylation sites is 1. The van der Waals surface area contributed by atoms with Gasteiger partial charge in [0.25, 0.3) is 0 Å². The number of nitrogens with one attached hydrogen (secondary N) is 1. The molecule has 1 heterocycles. The number of aliphatic imine (C=N–C) groups is 1. The van der Waals surface area contributed by atoms with Crippen LogP contribution >= 0.6 is 24.0 Å². The molecule has 0 saturated carbocycles. The molecule has 0 fully saturated rings. The second kappa shape index (κ2) is 9.77. The predicted octanol–water partition coefficient (Wildman–Crippen LogP) is 3.08. The SMILES string of the molecule is CCNC(=NCC(C)CO)N(C)Cc1cc2ccccc2o1.I. The third-order valence-corrected chi connectivity index (χ3v) is 3.43. The van der Waals surface area contributed by atoms with Gasteiger partial charge in [-0.2, -0.15) is 0 Å². The maximum Gasteiger partial charge on any atom is 0.194 e. The summed E-state index contributed by atoms with van der Waals surface area (Å²) in [5.74, 6) is 1.89. The second-order valence-corrected chi connectivity index (χ2v) is 5.59. The summed E-state index contributed by atoms with van der Waals surface area (Å²) in [6.45, 7) is 6.22. The van der Waals surface area contributed by atoms with Crippen molar-refractivity contribution in [3.63, 3.8) is 0 Å². The van der Waals surface area contributed by atoms with E-state index in [0.29, 0.717) is 13.1 Å². The number of fused-ring (bicyclic) bond motifs is 1. The van der Waals surface area contributed by atoms with E-state index in [2.05, 4.69) is 16.4 Å². The summed E-state index contributed by atoms with van der Waals surface area (Å²) >= 11 is 0. The third kappa shape index (κ3) is 5.69. The molecule has 1 unspecified atom stereocenters. The maximum atomic E-state index is 9.11. The van der Waals surface area contributed by atoms with E-state index < -0.39 is 0 Å². The van der Waals surface area contributed by atoms with Gasteiger partial charge in [-0.05, 0) is 25.0 Å². The largest absolute Gasteiger partial charge is 0.459 e. The van der Waals surface area contributed by atoms with Crippen molar-refractivity contribution < 1.29 is 9.52 Å². The van der Waals surface area contributed by atoms with Crippen molar-refractivity contribution in [3.8, 4) is 0 Å². The fourth-order valence-corrected chi connectivity index (χ4v) is 2.19. The van der Waals surface area contributed by atoms with E-state index in [-0.39, 0.29) is 36.5 Å². The minimum atomic E-state index is 0. The van der Waals surface area contributed by atoms with E-state index >= 15 is 0 Å². The number of hydrogen-bond acceptors (Lipinski definition) is 3. The first-order valence-electron chi connectivity index (χ1n) is 7.71. The summed E-state index contributed by atoms with van der Waals surface area (Å²) in [5.41, 5.74) is 0.904. The Labute approximate surface area is 154 Å². The average molecular weight is 431 g/mol. The highest BCUT2D eigenvalue weighted by Crippen LogP contribution is 2.19. The molecule has 1 aromatic carbocycles. The van der Waals surface area contributed by atoms with E-state index in [4.69, 9.17) is 9.52 Å². The molecule has 0 amide bonds. The summed E-state index contributed by atoms with van der Waals surface area (Å²) in [7, 11) is 1.98. The number of guanidine groups is 1. The highest BCUT2D eigenvalue weighted by molar-refractivity contribution is 14.0. The van der Waals surface area contributed by atoms with Crippen molar-refractivity contribution in [1.82, 2.24) is 10.2 Å². The first kappa shape index (κ1) is 19.8. The number of halogens is 1. The fraction of sp³-hybridized carbons (Fsp3) is 0.471. The summed E-state index contributed by atoms with van der Waals surface area (Å²) < 4.78 is 5.85. The summed E-state index contributed by atoms with van der Waals surface area (Å²) in [6, 6.07) is 10.1. The molecule has 0 bridgehead atoms.